The van der Waals surface area contributed by atoms with Crippen LogP contribution in [0.2, 0.25) is 0 Å². The molecule has 6 atom stereocenters. The Labute approximate surface area is 186 Å². The van der Waals surface area contributed by atoms with Gasteiger partial charge in [0.25, 0.3) is 0 Å². The minimum absolute atomic E-state index is 0.0375. The van der Waals surface area contributed by atoms with Crippen LogP contribution in [0.4, 0.5) is 0 Å². The third kappa shape index (κ3) is 4.66. The summed E-state index contributed by atoms with van der Waals surface area (Å²) in [6.45, 7) is 8.22. The molecule has 0 aromatic heterocycles. The molecule has 3 saturated heterocycles. The molecule has 3 fully saturated rings. The van der Waals surface area contributed by atoms with Gasteiger partial charge in [0.05, 0.1) is 6.54 Å². The summed E-state index contributed by atoms with van der Waals surface area (Å²) in [6.07, 6.45) is -3.96. The van der Waals surface area contributed by atoms with Crippen LogP contribution >= 0.6 is 0 Å². The van der Waals surface area contributed by atoms with Crippen molar-refractivity contribution < 1.29 is 43.2 Å². The van der Waals surface area contributed by atoms with Crippen LogP contribution in [0.15, 0.2) is 30.3 Å². The van der Waals surface area contributed by atoms with Crippen LogP contribution in [0.5, 0.6) is 0 Å². The first kappa shape index (κ1) is 23.1. The van der Waals surface area contributed by atoms with E-state index in [1.165, 1.54) is 6.92 Å². The van der Waals surface area contributed by atoms with Crippen LogP contribution in [0.25, 0.3) is 0 Å². The quantitative estimate of drug-likeness (QED) is 0.643. The number of ether oxygens (including phenoxy) is 5. The van der Waals surface area contributed by atoms with Gasteiger partial charge in [-0.2, -0.15) is 0 Å². The maximum absolute atomic E-state index is 12.5. The fourth-order valence-electron chi connectivity index (χ4n) is 4.44. The molecule has 0 amide bonds. The number of carboxylic acid groups (broad SMARTS) is 1. The average Bonchev–Trinajstić information content (AvgIpc) is 3.16. The van der Waals surface area contributed by atoms with Gasteiger partial charge in [0.15, 0.2) is 23.9 Å². The summed E-state index contributed by atoms with van der Waals surface area (Å²) >= 11 is 0. The molecule has 0 unspecified atom stereocenters. The zero-order chi connectivity index (χ0) is 23.3. The number of hydrogen-bond acceptors (Lipinski definition) is 9. The van der Waals surface area contributed by atoms with Crippen LogP contribution in [-0.2, 0) is 44.7 Å². The molecule has 10 heteroatoms. The van der Waals surface area contributed by atoms with Crippen molar-refractivity contribution in [1.29, 1.82) is 0 Å². The third-order valence-corrected chi connectivity index (χ3v) is 5.49. The molecular formula is C22H29NO9. The number of hydrogen-bond donors (Lipinski definition) is 1. The van der Waals surface area contributed by atoms with Gasteiger partial charge in [-0.1, -0.05) is 30.3 Å². The topological polar surface area (TPSA) is 113 Å². The van der Waals surface area contributed by atoms with E-state index in [4.69, 9.17) is 28.5 Å². The minimum Gasteiger partial charge on any atom is -0.480 e. The van der Waals surface area contributed by atoms with Gasteiger partial charge in [0.1, 0.15) is 24.4 Å². The summed E-state index contributed by atoms with van der Waals surface area (Å²) < 4.78 is 30.1. The zero-order valence-corrected chi connectivity index (χ0v) is 18.7. The lowest BCUT2D eigenvalue weighted by Crippen LogP contribution is -2.63. The number of benzene rings is 1. The molecule has 1 aromatic carbocycles. The van der Waals surface area contributed by atoms with Crippen molar-refractivity contribution in [1.82, 2.24) is 5.06 Å². The summed E-state index contributed by atoms with van der Waals surface area (Å²) in [5.74, 6) is -3.82. The van der Waals surface area contributed by atoms with Crippen molar-refractivity contribution >= 4 is 11.9 Å². The summed E-state index contributed by atoms with van der Waals surface area (Å²) in [4.78, 5) is 29.7. The Balaban J connectivity index is 1.69. The van der Waals surface area contributed by atoms with Crippen molar-refractivity contribution in [2.24, 2.45) is 0 Å². The van der Waals surface area contributed by atoms with Gasteiger partial charge >= 0.3 is 11.9 Å². The van der Waals surface area contributed by atoms with Crippen LogP contribution in [-0.4, -0.2) is 70.4 Å². The predicted molar refractivity (Wildman–Crippen MR) is 108 cm³/mol. The number of fused-ring (bicyclic) bond motifs is 3. The third-order valence-electron chi connectivity index (χ3n) is 5.49. The molecule has 0 spiro atoms. The summed E-state index contributed by atoms with van der Waals surface area (Å²) in [6, 6.07) is 7.70. The van der Waals surface area contributed by atoms with E-state index in [-0.39, 0.29) is 6.54 Å². The second-order valence-electron chi connectivity index (χ2n) is 9.06. The second kappa shape index (κ2) is 8.36. The molecule has 3 aliphatic heterocycles. The maximum atomic E-state index is 12.5. The molecular weight excluding hydrogens is 422 g/mol. The normalized spacial score (nSPS) is 33.4. The van der Waals surface area contributed by atoms with Gasteiger partial charge in [-0.25, -0.2) is 0 Å². The Morgan fingerprint density at radius 1 is 1.00 bits per heavy atom. The van der Waals surface area contributed by atoms with Gasteiger partial charge in [-0.15, -0.1) is 5.06 Å². The van der Waals surface area contributed by atoms with E-state index in [0.29, 0.717) is 0 Å². The molecule has 1 aromatic rings. The number of carbonyl (C=O) groups excluding carboxylic acids is 1. The lowest BCUT2D eigenvalue weighted by atomic mass is 9.93. The fourth-order valence-corrected chi connectivity index (χ4v) is 4.44. The summed E-state index contributed by atoms with van der Waals surface area (Å²) in [5.41, 5.74) is 0.760. The molecule has 4 rings (SSSR count). The number of nitrogens with zero attached hydrogens (tertiary/aromatic N) is 1. The second-order valence-corrected chi connectivity index (χ2v) is 9.06. The average molecular weight is 451 g/mol. The van der Waals surface area contributed by atoms with Gasteiger partial charge in [0.2, 0.25) is 0 Å². The minimum atomic E-state index is -1.39. The molecule has 3 heterocycles. The summed E-state index contributed by atoms with van der Waals surface area (Å²) in [5, 5.41) is 11.3. The van der Waals surface area contributed by atoms with E-state index >= 15 is 0 Å². The number of rotatable bonds is 6. The van der Waals surface area contributed by atoms with Crippen LogP contribution in [0.1, 0.15) is 40.2 Å². The molecule has 10 nitrogen and oxygen atoms in total. The standard InChI is InChI=1S/C22H29NO9/c1-12(24)32-23(11-13-9-7-6-8-10-13)14(19(25)26)15-16-17(29-21(2,3)28-16)18-20(27-15)31-22(4,5)30-18/h6-10,14-18,20H,11H2,1-5H3,(H,25,26)/t14-,15+,16-,17-,18+,20+/m0/s1. The Hall–Kier alpha value is -2.08. The van der Waals surface area contributed by atoms with Crippen LogP contribution < -0.4 is 0 Å². The number of carbonyl (C=O) groups is 2. The van der Waals surface area contributed by atoms with Crippen molar-refractivity contribution in [2.45, 2.75) is 89.5 Å². The highest BCUT2D eigenvalue weighted by molar-refractivity contribution is 5.75. The van der Waals surface area contributed by atoms with E-state index in [1.807, 2.05) is 30.3 Å². The molecule has 32 heavy (non-hydrogen) atoms. The van der Waals surface area contributed by atoms with Crippen LogP contribution in [0.3, 0.4) is 0 Å². The Bertz CT molecular complexity index is 858. The molecule has 0 bridgehead atoms. The molecule has 3 aliphatic rings. The first-order valence-corrected chi connectivity index (χ1v) is 10.5. The Morgan fingerprint density at radius 2 is 1.59 bits per heavy atom. The molecule has 0 radical (unpaired) electrons. The van der Waals surface area contributed by atoms with Crippen molar-refractivity contribution in [3.05, 3.63) is 35.9 Å². The molecule has 1 N–H and O–H groups in total. The molecule has 0 saturated carbocycles. The Morgan fingerprint density at radius 3 is 2.22 bits per heavy atom. The lowest BCUT2D eigenvalue weighted by Gasteiger charge is -2.41. The molecule has 0 aliphatic carbocycles. The fraction of sp³-hybridized carbons (Fsp3) is 0.636. The van der Waals surface area contributed by atoms with Gasteiger partial charge < -0.3 is 33.6 Å². The van der Waals surface area contributed by atoms with E-state index in [2.05, 4.69) is 0 Å². The van der Waals surface area contributed by atoms with Gasteiger partial charge in [-0.3, -0.25) is 9.59 Å². The highest BCUT2D eigenvalue weighted by Crippen LogP contribution is 2.45. The van der Waals surface area contributed by atoms with E-state index < -0.39 is 60.3 Å². The first-order valence-electron chi connectivity index (χ1n) is 10.5. The van der Waals surface area contributed by atoms with Crippen LogP contribution in [0, 0.1) is 0 Å². The van der Waals surface area contributed by atoms with Gasteiger partial charge in [0, 0.05) is 6.92 Å². The monoisotopic (exact) mass is 451 g/mol. The number of carboxylic acids is 1. The van der Waals surface area contributed by atoms with Crippen molar-refractivity contribution in [3.8, 4) is 0 Å². The zero-order valence-electron chi connectivity index (χ0n) is 18.7. The molecule has 176 valence electrons. The highest BCUT2D eigenvalue weighted by Gasteiger charge is 2.63. The van der Waals surface area contributed by atoms with E-state index in [0.717, 1.165) is 10.6 Å². The lowest BCUT2D eigenvalue weighted by molar-refractivity contribution is -0.273. The first-order chi connectivity index (χ1) is 15.0. The largest absolute Gasteiger partial charge is 0.480 e. The predicted octanol–water partition coefficient (Wildman–Crippen LogP) is 1.82. The van der Waals surface area contributed by atoms with E-state index in [9.17, 15) is 14.7 Å². The Kier molecular flexibility index (Phi) is 6.03. The number of hydroxylamine groups is 2. The smallest absolute Gasteiger partial charge is 0.327 e. The highest BCUT2D eigenvalue weighted by atomic mass is 16.9. The number of aliphatic carboxylic acids is 1. The van der Waals surface area contributed by atoms with Crippen molar-refractivity contribution in [2.75, 3.05) is 0 Å². The van der Waals surface area contributed by atoms with E-state index in [1.54, 1.807) is 27.7 Å². The van der Waals surface area contributed by atoms with Crippen molar-refractivity contribution in [3.63, 3.8) is 0 Å². The van der Waals surface area contributed by atoms with Gasteiger partial charge in [-0.05, 0) is 33.3 Å². The SMILES string of the molecule is CC(=O)ON(Cc1ccccc1)[C@H](C(=O)O)[C@H]1O[C@@H]2OC(C)(C)O[C@@H]2[C@H]2OC(C)(C)O[C@H]21. The maximum Gasteiger partial charge on any atom is 0.327 e. The summed E-state index contributed by atoms with van der Waals surface area (Å²) in [7, 11) is 0.